The van der Waals surface area contributed by atoms with Gasteiger partial charge in [0.25, 0.3) is 0 Å². The number of rotatable bonds is 4. The Morgan fingerprint density at radius 2 is 2.16 bits per heavy atom. The molecule has 96 valence electrons. The van der Waals surface area contributed by atoms with Gasteiger partial charge in [-0.15, -0.1) is 10.2 Å². The quantitative estimate of drug-likeness (QED) is 0.863. The highest BCUT2D eigenvalue weighted by atomic mass is 32.2. The molecule has 2 aromatic rings. The first-order valence-corrected chi connectivity index (χ1v) is 7.09. The van der Waals surface area contributed by atoms with Crippen LogP contribution in [0.1, 0.15) is 30.0 Å². The summed E-state index contributed by atoms with van der Waals surface area (Å²) < 4.78 is 2.00. The Bertz CT molecular complexity index is 639. The highest BCUT2D eigenvalue weighted by Gasteiger charge is 2.28. The normalized spacial score (nSPS) is 14.3. The maximum atomic E-state index is 9.06. The van der Waals surface area contributed by atoms with Crippen LogP contribution < -0.4 is 5.73 Å². The van der Waals surface area contributed by atoms with Crippen LogP contribution in [0.3, 0.4) is 0 Å². The molecule has 1 aliphatic carbocycles. The standard InChI is InChI=1S/C13H13N5S/c14-7-9-3-1-2-4-10(9)8-19-13-17-16-12(15)18(13)11-5-6-11/h1-4,11H,5-6,8H2,(H2,15,16). The fraction of sp³-hybridized carbons (Fsp3) is 0.308. The Hall–Kier alpha value is -2.00. The van der Waals surface area contributed by atoms with Crippen molar-refractivity contribution in [2.75, 3.05) is 5.73 Å². The van der Waals surface area contributed by atoms with E-state index in [4.69, 9.17) is 11.0 Å². The predicted molar refractivity (Wildman–Crippen MR) is 73.4 cm³/mol. The molecular formula is C13H13N5S. The largest absolute Gasteiger partial charge is 0.368 e. The highest BCUT2D eigenvalue weighted by molar-refractivity contribution is 7.98. The molecule has 3 rings (SSSR count). The minimum absolute atomic E-state index is 0.462. The van der Waals surface area contributed by atoms with Crippen LogP contribution in [-0.4, -0.2) is 14.8 Å². The summed E-state index contributed by atoms with van der Waals surface area (Å²) in [5, 5.41) is 18.0. The first kappa shape index (κ1) is 12.1. The number of nitrogens with zero attached hydrogens (tertiary/aromatic N) is 4. The molecule has 0 spiro atoms. The number of hydrogen-bond acceptors (Lipinski definition) is 5. The van der Waals surface area contributed by atoms with Gasteiger partial charge in [0, 0.05) is 11.8 Å². The van der Waals surface area contributed by atoms with Gasteiger partial charge >= 0.3 is 0 Å². The van der Waals surface area contributed by atoms with Crippen LogP contribution >= 0.6 is 11.8 Å². The average Bonchev–Trinajstić information content (AvgIpc) is 3.20. The zero-order valence-electron chi connectivity index (χ0n) is 10.3. The Kier molecular flexibility index (Phi) is 3.13. The minimum atomic E-state index is 0.462. The smallest absolute Gasteiger partial charge is 0.222 e. The van der Waals surface area contributed by atoms with Crippen molar-refractivity contribution in [1.29, 1.82) is 5.26 Å². The van der Waals surface area contributed by atoms with Crippen LogP contribution in [0.2, 0.25) is 0 Å². The summed E-state index contributed by atoms with van der Waals surface area (Å²) in [6, 6.07) is 10.3. The van der Waals surface area contributed by atoms with Gasteiger partial charge in [-0.3, -0.25) is 4.57 Å². The molecular weight excluding hydrogens is 258 g/mol. The Morgan fingerprint density at radius 3 is 2.89 bits per heavy atom. The molecule has 0 bridgehead atoms. The molecule has 2 N–H and O–H groups in total. The predicted octanol–water partition coefficient (Wildman–Crippen LogP) is 2.36. The fourth-order valence-electron chi connectivity index (χ4n) is 1.96. The lowest BCUT2D eigenvalue weighted by atomic mass is 10.1. The molecule has 0 atom stereocenters. The number of thioether (sulfide) groups is 1. The van der Waals surface area contributed by atoms with Crippen LogP contribution in [0, 0.1) is 11.3 Å². The molecule has 1 aromatic heterocycles. The van der Waals surface area contributed by atoms with Gasteiger partial charge in [-0.05, 0) is 24.5 Å². The lowest BCUT2D eigenvalue weighted by Gasteiger charge is -2.06. The zero-order valence-corrected chi connectivity index (χ0v) is 11.1. The van der Waals surface area contributed by atoms with Crippen molar-refractivity contribution in [3.63, 3.8) is 0 Å². The van der Waals surface area contributed by atoms with Crippen molar-refractivity contribution in [3.05, 3.63) is 35.4 Å². The lowest BCUT2D eigenvalue weighted by Crippen LogP contribution is -2.02. The molecule has 0 aliphatic heterocycles. The third-order valence-corrected chi connectivity index (χ3v) is 4.09. The topological polar surface area (TPSA) is 80.5 Å². The molecule has 19 heavy (non-hydrogen) atoms. The molecule has 1 fully saturated rings. The van der Waals surface area contributed by atoms with Crippen LogP contribution in [0.5, 0.6) is 0 Å². The molecule has 1 saturated carbocycles. The summed E-state index contributed by atoms with van der Waals surface area (Å²) >= 11 is 1.58. The first-order valence-electron chi connectivity index (χ1n) is 6.11. The van der Waals surface area contributed by atoms with Gasteiger partial charge in [0.2, 0.25) is 5.95 Å². The molecule has 5 nitrogen and oxygen atoms in total. The second kappa shape index (κ2) is 4.94. The van der Waals surface area contributed by atoms with Gasteiger partial charge in [-0.1, -0.05) is 30.0 Å². The van der Waals surface area contributed by atoms with Crippen molar-refractivity contribution in [2.24, 2.45) is 0 Å². The van der Waals surface area contributed by atoms with Crippen LogP contribution in [0.25, 0.3) is 0 Å². The molecule has 1 aliphatic rings. The third kappa shape index (κ3) is 2.42. The number of nitrogen functional groups attached to an aromatic ring is 1. The van der Waals surface area contributed by atoms with Gasteiger partial charge in [0.1, 0.15) is 0 Å². The van der Waals surface area contributed by atoms with Gasteiger partial charge in [0.05, 0.1) is 11.6 Å². The molecule has 6 heteroatoms. The summed E-state index contributed by atoms with van der Waals surface area (Å²) in [7, 11) is 0. The summed E-state index contributed by atoms with van der Waals surface area (Å²) in [5.41, 5.74) is 7.55. The number of benzene rings is 1. The average molecular weight is 271 g/mol. The first-order chi connectivity index (χ1) is 9.29. The third-order valence-electron chi connectivity index (χ3n) is 3.10. The van der Waals surface area contributed by atoms with E-state index in [1.165, 1.54) is 0 Å². The van der Waals surface area contributed by atoms with Gasteiger partial charge in [0.15, 0.2) is 5.16 Å². The summed E-state index contributed by atoms with van der Waals surface area (Å²) in [4.78, 5) is 0. The second-order valence-electron chi connectivity index (χ2n) is 4.50. The molecule has 0 unspecified atom stereocenters. The SMILES string of the molecule is N#Cc1ccccc1CSc1nnc(N)n1C1CC1. The second-order valence-corrected chi connectivity index (χ2v) is 5.44. The number of hydrogen-bond donors (Lipinski definition) is 1. The van der Waals surface area contributed by atoms with Crippen molar-refractivity contribution >= 4 is 17.7 Å². The van der Waals surface area contributed by atoms with Crippen molar-refractivity contribution in [2.45, 2.75) is 29.8 Å². The molecule has 0 saturated heterocycles. The number of nitriles is 1. The maximum Gasteiger partial charge on any atom is 0.222 e. The number of nitrogens with two attached hydrogens (primary N) is 1. The van der Waals surface area contributed by atoms with Gasteiger partial charge in [-0.25, -0.2) is 0 Å². The summed E-state index contributed by atoms with van der Waals surface area (Å²) in [5.74, 6) is 1.19. The maximum absolute atomic E-state index is 9.06. The Balaban J connectivity index is 1.78. The van der Waals surface area contributed by atoms with Gasteiger partial charge < -0.3 is 5.73 Å². The minimum Gasteiger partial charge on any atom is -0.368 e. The molecule has 0 radical (unpaired) electrons. The van der Waals surface area contributed by atoms with Crippen LogP contribution in [-0.2, 0) is 5.75 Å². The monoisotopic (exact) mass is 271 g/mol. The fourth-order valence-corrected chi connectivity index (χ4v) is 2.98. The van der Waals surface area contributed by atoms with Gasteiger partial charge in [-0.2, -0.15) is 5.26 Å². The van der Waals surface area contributed by atoms with Crippen molar-refractivity contribution in [1.82, 2.24) is 14.8 Å². The Labute approximate surface area is 115 Å². The van der Waals surface area contributed by atoms with Crippen molar-refractivity contribution in [3.8, 4) is 6.07 Å². The van der Waals surface area contributed by atoms with E-state index in [2.05, 4.69) is 16.3 Å². The summed E-state index contributed by atoms with van der Waals surface area (Å²) in [6.07, 6.45) is 2.29. The van der Waals surface area contributed by atoms with E-state index in [1.807, 2.05) is 28.8 Å². The molecule has 1 heterocycles. The molecule has 1 aromatic carbocycles. The van der Waals surface area contributed by atoms with Crippen LogP contribution in [0.15, 0.2) is 29.4 Å². The van der Waals surface area contributed by atoms with Crippen molar-refractivity contribution < 1.29 is 0 Å². The van der Waals surface area contributed by atoms with E-state index in [-0.39, 0.29) is 0 Å². The van der Waals surface area contributed by atoms with E-state index in [1.54, 1.807) is 11.8 Å². The van der Waals surface area contributed by atoms with E-state index < -0.39 is 0 Å². The van der Waals surface area contributed by atoms with E-state index >= 15 is 0 Å². The highest BCUT2D eigenvalue weighted by Crippen LogP contribution is 2.39. The molecule has 0 amide bonds. The Morgan fingerprint density at radius 1 is 1.37 bits per heavy atom. The van der Waals surface area contributed by atoms with E-state index in [0.29, 0.717) is 23.3 Å². The van der Waals surface area contributed by atoms with E-state index in [9.17, 15) is 0 Å². The lowest BCUT2D eigenvalue weighted by molar-refractivity contribution is 0.671. The number of aromatic nitrogens is 3. The summed E-state index contributed by atoms with van der Waals surface area (Å²) in [6.45, 7) is 0. The van der Waals surface area contributed by atoms with E-state index in [0.717, 1.165) is 23.6 Å². The zero-order chi connectivity index (χ0) is 13.2. The van der Waals surface area contributed by atoms with Crippen LogP contribution in [0.4, 0.5) is 5.95 Å². The number of anilines is 1.